The average Bonchev–Trinajstić information content (AvgIpc) is 2.71. The van der Waals surface area contributed by atoms with Gasteiger partial charge in [-0.3, -0.25) is 4.79 Å². The van der Waals surface area contributed by atoms with E-state index in [1.165, 1.54) is 0 Å². The number of carbonyl (C=O) groups is 1. The number of fused-ring (bicyclic) bond motifs is 3. The highest BCUT2D eigenvalue weighted by molar-refractivity contribution is 5.91. The van der Waals surface area contributed by atoms with E-state index in [-0.39, 0.29) is 5.91 Å². The molecule has 2 aromatic heterocycles. The Balaban J connectivity index is 1.89. The van der Waals surface area contributed by atoms with Crippen LogP contribution in [0.15, 0.2) is 30.9 Å². The Morgan fingerprint density at radius 1 is 1.50 bits per heavy atom. The molecule has 0 spiro atoms. The molecular formula is C12H11N5O. The van der Waals surface area contributed by atoms with Gasteiger partial charge in [-0.1, -0.05) is 6.58 Å². The number of hydrogen-bond acceptors (Lipinski definition) is 4. The van der Waals surface area contributed by atoms with Crippen molar-refractivity contribution in [1.29, 1.82) is 0 Å². The van der Waals surface area contributed by atoms with Crippen LogP contribution >= 0.6 is 0 Å². The summed E-state index contributed by atoms with van der Waals surface area (Å²) in [5.41, 5.74) is 1.76. The van der Waals surface area contributed by atoms with Gasteiger partial charge in [0.2, 0.25) is 5.91 Å². The molecular weight excluding hydrogens is 230 g/mol. The summed E-state index contributed by atoms with van der Waals surface area (Å²) >= 11 is 0. The van der Waals surface area contributed by atoms with Crippen LogP contribution in [0.4, 0.5) is 0 Å². The maximum absolute atomic E-state index is 12.2. The number of hydrogen-bond donors (Lipinski definition) is 1. The van der Waals surface area contributed by atoms with E-state index in [1.807, 2.05) is 10.6 Å². The first kappa shape index (κ1) is 9.76. The zero-order valence-corrected chi connectivity index (χ0v) is 9.63. The maximum atomic E-state index is 12.2. The number of nitrogens with one attached hydrogen (secondary N) is 1. The SMILES string of the molecule is C=C1NC(=O)C2(n3cnc4nnccc43)CC1C2. The van der Waals surface area contributed by atoms with Crippen molar-refractivity contribution in [1.82, 2.24) is 25.1 Å². The van der Waals surface area contributed by atoms with Crippen molar-refractivity contribution >= 4 is 17.1 Å². The summed E-state index contributed by atoms with van der Waals surface area (Å²) in [4.78, 5) is 16.5. The molecule has 6 heteroatoms. The van der Waals surface area contributed by atoms with Crippen LogP contribution in [0.1, 0.15) is 12.8 Å². The summed E-state index contributed by atoms with van der Waals surface area (Å²) in [6.07, 6.45) is 4.90. The first-order valence-electron chi connectivity index (χ1n) is 5.86. The minimum absolute atomic E-state index is 0.00566. The zero-order chi connectivity index (χ0) is 12.3. The Labute approximate surface area is 103 Å². The molecule has 90 valence electrons. The molecule has 1 N–H and O–H groups in total. The second-order valence-electron chi connectivity index (χ2n) is 4.97. The van der Waals surface area contributed by atoms with Crippen molar-refractivity contribution in [2.24, 2.45) is 5.92 Å². The molecule has 5 rings (SSSR count). The number of aromatic nitrogens is 4. The van der Waals surface area contributed by atoms with Crippen LogP contribution in [0.3, 0.4) is 0 Å². The number of rotatable bonds is 1. The largest absolute Gasteiger partial charge is 0.328 e. The lowest BCUT2D eigenvalue weighted by molar-refractivity contribution is -0.140. The number of amides is 1. The molecule has 0 unspecified atom stereocenters. The molecule has 0 atom stereocenters. The smallest absolute Gasteiger partial charge is 0.250 e. The van der Waals surface area contributed by atoms with Gasteiger partial charge in [-0.2, -0.15) is 5.10 Å². The van der Waals surface area contributed by atoms with E-state index >= 15 is 0 Å². The lowest BCUT2D eigenvalue weighted by Gasteiger charge is -2.52. The summed E-state index contributed by atoms with van der Waals surface area (Å²) in [5, 5.41) is 10.6. The normalized spacial score (nSPS) is 30.1. The van der Waals surface area contributed by atoms with Gasteiger partial charge in [0.15, 0.2) is 5.65 Å². The van der Waals surface area contributed by atoms with E-state index in [2.05, 4.69) is 27.1 Å². The Bertz CT molecular complexity index is 683. The molecule has 6 nitrogen and oxygen atoms in total. The molecule has 3 aliphatic rings. The quantitative estimate of drug-likeness (QED) is 0.792. The lowest BCUT2D eigenvalue weighted by Crippen LogP contribution is -2.62. The van der Waals surface area contributed by atoms with Crippen molar-refractivity contribution in [2.75, 3.05) is 0 Å². The van der Waals surface area contributed by atoms with Gasteiger partial charge in [0.1, 0.15) is 5.54 Å². The van der Waals surface area contributed by atoms with E-state index < -0.39 is 5.54 Å². The fourth-order valence-electron chi connectivity index (χ4n) is 2.97. The van der Waals surface area contributed by atoms with Gasteiger partial charge in [-0.25, -0.2) is 4.98 Å². The van der Waals surface area contributed by atoms with Crippen LogP contribution in [0.25, 0.3) is 11.2 Å². The molecule has 0 aromatic carbocycles. The monoisotopic (exact) mass is 241 g/mol. The molecule has 2 bridgehead atoms. The van der Waals surface area contributed by atoms with Crippen LogP contribution in [-0.2, 0) is 10.3 Å². The van der Waals surface area contributed by atoms with E-state index in [4.69, 9.17) is 0 Å². The number of nitrogens with zero attached hydrogens (tertiary/aromatic N) is 4. The molecule has 2 saturated heterocycles. The van der Waals surface area contributed by atoms with Crippen molar-refractivity contribution in [3.05, 3.63) is 30.9 Å². The highest BCUT2D eigenvalue weighted by atomic mass is 16.2. The van der Waals surface area contributed by atoms with E-state index in [9.17, 15) is 4.79 Å². The molecule has 3 fully saturated rings. The Hall–Kier alpha value is -2.24. The lowest BCUT2D eigenvalue weighted by atomic mass is 9.63. The van der Waals surface area contributed by atoms with Gasteiger partial charge in [-0.15, -0.1) is 5.10 Å². The van der Waals surface area contributed by atoms with Crippen LogP contribution in [0, 0.1) is 5.92 Å². The minimum atomic E-state index is -0.510. The van der Waals surface area contributed by atoms with Crippen LogP contribution in [0.2, 0.25) is 0 Å². The third kappa shape index (κ3) is 0.982. The molecule has 0 radical (unpaired) electrons. The summed E-state index contributed by atoms with van der Waals surface area (Å²) in [6, 6.07) is 1.84. The molecule has 2 aliphatic heterocycles. The summed E-state index contributed by atoms with van der Waals surface area (Å²) in [6.45, 7) is 3.88. The van der Waals surface area contributed by atoms with E-state index in [0.29, 0.717) is 11.6 Å². The fourth-order valence-corrected chi connectivity index (χ4v) is 2.97. The van der Waals surface area contributed by atoms with Gasteiger partial charge in [0.25, 0.3) is 0 Å². The zero-order valence-electron chi connectivity index (χ0n) is 9.63. The first-order valence-corrected chi connectivity index (χ1v) is 5.86. The minimum Gasteiger partial charge on any atom is -0.328 e. The van der Waals surface area contributed by atoms with Gasteiger partial charge < -0.3 is 9.88 Å². The summed E-state index contributed by atoms with van der Waals surface area (Å²) < 4.78 is 1.93. The number of imidazole rings is 1. The van der Waals surface area contributed by atoms with Crippen molar-refractivity contribution < 1.29 is 4.79 Å². The van der Waals surface area contributed by atoms with Crippen molar-refractivity contribution in [3.63, 3.8) is 0 Å². The van der Waals surface area contributed by atoms with Gasteiger partial charge >= 0.3 is 0 Å². The topological polar surface area (TPSA) is 72.7 Å². The van der Waals surface area contributed by atoms with E-state index in [0.717, 1.165) is 24.1 Å². The predicted molar refractivity (Wildman–Crippen MR) is 63.3 cm³/mol. The second-order valence-corrected chi connectivity index (χ2v) is 4.97. The molecule has 2 aromatic rings. The van der Waals surface area contributed by atoms with Crippen molar-refractivity contribution in [3.8, 4) is 0 Å². The Morgan fingerprint density at radius 3 is 3.11 bits per heavy atom. The summed E-state index contributed by atoms with van der Waals surface area (Å²) in [7, 11) is 0. The maximum Gasteiger partial charge on any atom is 0.250 e. The number of allylic oxidation sites excluding steroid dienone is 1. The number of piperidine rings is 2. The van der Waals surface area contributed by atoms with Crippen LogP contribution in [0.5, 0.6) is 0 Å². The predicted octanol–water partition coefficient (Wildman–Crippen LogP) is 0.575. The van der Waals surface area contributed by atoms with Gasteiger partial charge in [-0.05, 0) is 18.9 Å². The molecule has 4 heterocycles. The Morgan fingerprint density at radius 2 is 2.33 bits per heavy atom. The third-order valence-electron chi connectivity index (χ3n) is 4.05. The molecule has 1 aliphatic carbocycles. The Kier molecular flexibility index (Phi) is 1.60. The third-order valence-corrected chi connectivity index (χ3v) is 4.05. The fraction of sp³-hybridized carbons (Fsp3) is 0.333. The molecule has 1 amide bonds. The van der Waals surface area contributed by atoms with Gasteiger partial charge in [0.05, 0.1) is 18.0 Å². The standard InChI is InChI=1S/C12H11N5O/c1-7-8-4-12(5-8,11(18)15-7)17-6-13-10-9(17)2-3-14-16-10/h2-3,6,8H,1,4-5H2,(H,15,18). The van der Waals surface area contributed by atoms with Crippen LogP contribution < -0.4 is 5.32 Å². The second kappa shape index (κ2) is 2.95. The first-order chi connectivity index (χ1) is 8.71. The van der Waals surface area contributed by atoms with Crippen molar-refractivity contribution in [2.45, 2.75) is 18.4 Å². The highest BCUT2D eigenvalue weighted by Gasteiger charge is 2.57. The molecule has 1 saturated carbocycles. The summed E-state index contributed by atoms with van der Waals surface area (Å²) in [5.74, 6) is 0.390. The number of carbonyl (C=O) groups excluding carboxylic acids is 1. The highest BCUT2D eigenvalue weighted by Crippen LogP contribution is 2.50. The van der Waals surface area contributed by atoms with E-state index in [1.54, 1.807) is 12.5 Å². The molecule has 18 heavy (non-hydrogen) atoms. The van der Waals surface area contributed by atoms with Crippen LogP contribution in [-0.4, -0.2) is 25.7 Å². The average molecular weight is 241 g/mol. The van der Waals surface area contributed by atoms with Gasteiger partial charge in [0, 0.05) is 11.6 Å².